The van der Waals surface area contributed by atoms with Gasteiger partial charge in [0.25, 0.3) is 0 Å². The molecule has 4 nitrogen and oxygen atoms in total. The maximum atomic E-state index is 14.9. The molecule has 4 aromatic rings. The Morgan fingerprint density at radius 1 is 0.935 bits per heavy atom. The zero-order chi connectivity index (χ0) is 22.1. The van der Waals surface area contributed by atoms with Crippen molar-refractivity contribution >= 4 is 21.9 Å². The zero-order valence-corrected chi connectivity index (χ0v) is 16.8. The molecule has 2 aromatic heterocycles. The van der Waals surface area contributed by atoms with Crippen molar-refractivity contribution in [1.82, 2.24) is 9.97 Å². The summed E-state index contributed by atoms with van der Waals surface area (Å²) in [6.07, 6.45) is 8.51. The molecule has 31 heavy (non-hydrogen) atoms. The summed E-state index contributed by atoms with van der Waals surface area (Å²) in [5.41, 5.74) is 0.285. The number of allylic oxidation sites excluding steroid dienone is 2. The molecule has 0 spiro atoms. The summed E-state index contributed by atoms with van der Waals surface area (Å²) in [6.45, 7) is 3.62. The van der Waals surface area contributed by atoms with Gasteiger partial charge in [0, 0.05) is 18.5 Å². The van der Waals surface area contributed by atoms with E-state index >= 15 is 0 Å². The summed E-state index contributed by atoms with van der Waals surface area (Å²) in [7, 11) is 0. The van der Waals surface area contributed by atoms with Crippen LogP contribution < -0.4 is 4.74 Å². The minimum absolute atomic E-state index is 0.0461. The molecule has 0 fully saturated rings. The molecular formula is C23H18F4N2O2. The van der Waals surface area contributed by atoms with Crippen molar-refractivity contribution < 1.29 is 26.7 Å². The number of furan rings is 1. The quantitative estimate of drug-likeness (QED) is 0.259. The monoisotopic (exact) mass is 430 g/mol. The summed E-state index contributed by atoms with van der Waals surface area (Å²) in [5, 5.41) is -0.974. The molecule has 160 valence electrons. The molecule has 0 atom stereocenters. The van der Waals surface area contributed by atoms with E-state index in [4.69, 9.17) is 9.15 Å². The smallest absolute Gasteiger partial charge is 0.201 e. The van der Waals surface area contributed by atoms with Gasteiger partial charge in [-0.25, -0.2) is 23.1 Å². The predicted octanol–water partition coefficient (Wildman–Crippen LogP) is 6.51. The highest BCUT2D eigenvalue weighted by atomic mass is 19.2. The molecule has 0 unspecified atom stereocenters. The zero-order valence-electron chi connectivity index (χ0n) is 16.8. The molecule has 0 amide bonds. The van der Waals surface area contributed by atoms with Crippen LogP contribution in [0.3, 0.4) is 0 Å². The summed E-state index contributed by atoms with van der Waals surface area (Å²) in [5.74, 6) is -5.72. The van der Waals surface area contributed by atoms with Gasteiger partial charge in [0.05, 0.1) is 22.9 Å². The first kappa shape index (κ1) is 20.8. The Labute approximate surface area is 175 Å². The maximum Gasteiger partial charge on any atom is 0.201 e. The predicted molar refractivity (Wildman–Crippen MR) is 109 cm³/mol. The SMILES string of the molecule is C/C=C/CCc1cnc(-c2cc3oc4cc(OCC)c(F)c(F)c4c3c(F)c2F)nc1. The summed E-state index contributed by atoms with van der Waals surface area (Å²) in [6, 6.07) is 2.30. The lowest BCUT2D eigenvalue weighted by Gasteiger charge is -2.06. The summed E-state index contributed by atoms with van der Waals surface area (Å²) >= 11 is 0. The molecule has 8 heteroatoms. The van der Waals surface area contributed by atoms with Gasteiger partial charge in [-0.3, -0.25) is 0 Å². The van der Waals surface area contributed by atoms with Crippen LogP contribution >= 0.6 is 0 Å². The van der Waals surface area contributed by atoms with E-state index in [1.165, 1.54) is 18.5 Å². The second kappa shape index (κ2) is 8.37. The average Bonchev–Trinajstić information content (AvgIpc) is 3.14. The van der Waals surface area contributed by atoms with Crippen LogP contribution in [0.2, 0.25) is 0 Å². The van der Waals surface area contributed by atoms with Crippen molar-refractivity contribution in [2.75, 3.05) is 6.61 Å². The molecule has 0 aliphatic carbocycles. The summed E-state index contributed by atoms with van der Waals surface area (Å²) in [4.78, 5) is 8.25. The van der Waals surface area contributed by atoms with Crippen LogP contribution in [0, 0.1) is 23.3 Å². The van der Waals surface area contributed by atoms with E-state index < -0.39 is 34.0 Å². The van der Waals surface area contributed by atoms with E-state index in [1.54, 1.807) is 6.92 Å². The van der Waals surface area contributed by atoms with E-state index in [-0.39, 0.29) is 34.9 Å². The van der Waals surface area contributed by atoms with Gasteiger partial charge in [0.1, 0.15) is 11.2 Å². The Bertz CT molecular complexity index is 1300. The Balaban J connectivity index is 1.84. The van der Waals surface area contributed by atoms with Crippen molar-refractivity contribution in [2.24, 2.45) is 0 Å². The lowest BCUT2D eigenvalue weighted by atomic mass is 10.1. The number of fused-ring (bicyclic) bond motifs is 3. The Hall–Kier alpha value is -3.42. The van der Waals surface area contributed by atoms with Gasteiger partial charge in [0.2, 0.25) is 5.82 Å². The minimum Gasteiger partial charge on any atom is -0.491 e. The van der Waals surface area contributed by atoms with Gasteiger partial charge in [0.15, 0.2) is 29.0 Å². The van der Waals surface area contributed by atoms with Crippen LogP contribution in [0.5, 0.6) is 5.75 Å². The fourth-order valence-corrected chi connectivity index (χ4v) is 3.39. The largest absolute Gasteiger partial charge is 0.491 e. The number of ether oxygens (including phenoxy) is 1. The van der Waals surface area contributed by atoms with Crippen molar-refractivity contribution in [3.8, 4) is 17.1 Å². The number of rotatable bonds is 6. The lowest BCUT2D eigenvalue weighted by molar-refractivity contribution is 0.315. The molecule has 0 radical (unpaired) electrons. The van der Waals surface area contributed by atoms with Crippen molar-refractivity contribution in [3.05, 3.63) is 65.5 Å². The number of aryl methyl sites for hydroxylation is 1. The van der Waals surface area contributed by atoms with E-state index in [1.807, 2.05) is 19.1 Å². The Kier molecular flexibility index (Phi) is 5.63. The van der Waals surface area contributed by atoms with E-state index in [0.29, 0.717) is 6.42 Å². The highest BCUT2D eigenvalue weighted by Gasteiger charge is 2.26. The van der Waals surface area contributed by atoms with Gasteiger partial charge >= 0.3 is 0 Å². The topological polar surface area (TPSA) is 48.2 Å². The summed E-state index contributed by atoms with van der Waals surface area (Å²) < 4.78 is 69.2. The highest BCUT2D eigenvalue weighted by Crippen LogP contribution is 2.39. The van der Waals surface area contributed by atoms with Gasteiger partial charge in [-0.2, -0.15) is 4.39 Å². The van der Waals surface area contributed by atoms with Crippen LogP contribution in [0.4, 0.5) is 17.6 Å². The number of hydrogen-bond donors (Lipinski definition) is 0. The van der Waals surface area contributed by atoms with E-state index in [0.717, 1.165) is 18.1 Å². The van der Waals surface area contributed by atoms with Gasteiger partial charge in [-0.1, -0.05) is 12.2 Å². The number of nitrogens with zero attached hydrogens (tertiary/aromatic N) is 2. The first-order valence-corrected chi connectivity index (χ1v) is 9.73. The van der Waals surface area contributed by atoms with Crippen molar-refractivity contribution in [2.45, 2.75) is 26.7 Å². The van der Waals surface area contributed by atoms with Crippen LogP contribution in [-0.2, 0) is 6.42 Å². The van der Waals surface area contributed by atoms with Gasteiger partial charge in [-0.15, -0.1) is 0 Å². The maximum absolute atomic E-state index is 14.9. The molecule has 2 aromatic carbocycles. The number of aromatic nitrogens is 2. The molecule has 2 heterocycles. The van der Waals surface area contributed by atoms with E-state index in [2.05, 4.69) is 9.97 Å². The molecular weight excluding hydrogens is 412 g/mol. The number of hydrogen-bond acceptors (Lipinski definition) is 4. The van der Waals surface area contributed by atoms with Gasteiger partial charge in [-0.05, 0) is 38.3 Å². The lowest BCUT2D eigenvalue weighted by Crippen LogP contribution is -1.98. The van der Waals surface area contributed by atoms with Crippen LogP contribution in [0.15, 0.2) is 41.1 Å². The molecule has 4 rings (SSSR count). The third-order valence-corrected chi connectivity index (χ3v) is 4.86. The average molecular weight is 430 g/mol. The number of benzene rings is 2. The third kappa shape index (κ3) is 3.62. The molecule has 0 aliphatic heterocycles. The van der Waals surface area contributed by atoms with Crippen LogP contribution in [0.1, 0.15) is 25.8 Å². The molecule has 0 N–H and O–H groups in total. The van der Waals surface area contributed by atoms with Crippen molar-refractivity contribution in [1.29, 1.82) is 0 Å². The normalized spacial score (nSPS) is 11.8. The van der Waals surface area contributed by atoms with Crippen molar-refractivity contribution in [3.63, 3.8) is 0 Å². The molecule has 0 bridgehead atoms. The second-order valence-corrected chi connectivity index (χ2v) is 6.86. The standard InChI is InChI=1S/C23H18F4N2O2/c1-3-5-6-7-12-10-28-23(29-11-12)13-8-14-17(21(26)19(13)24)18-15(31-14)9-16(30-4-2)20(25)22(18)27/h3,5,8-11H,4,6-7H2,1-2H3/b5-3+. The molecule has 0 saturated carbocycles. The minimum atomic E-state index is -1.37. The first-order chi connectivity index (χ1) is 15.0. The Morgan fingerprint density at radius 2 is 1.58 bits per heavy atom. The van der Waals surface area contributed by atoms with Crippen LogP contribution in [0.25, 0.3) is 33.3 Å². The molecule has 0 saturated heterocycles. The van der Waals surface area contributed by atoms with Crippen LogP contribution in [-0.4, -0.2) is 16.6 Å². The Morgan fingerprint density at radius 3 is 2.23 bits per heavy atom. The molecule has 0 aliphatic rings. The highest BCUT2D eigenvalue weighted by molar-refractivity contribution is 6.07. The van der Waals surface area contributed by atoms with Gasteiger partial charge < -0.3 is 9.15 Å². The fourth-order valence-electron chi connectivity index (χ4n) is 3.39. The van der Waals surface area contributed by atoms with E-state index in [9.17, 15) is 17.6 Å². The first-order valence-electron chi connectivity index (χ1n) is 9.73. The third-order valence-electron chi connectivity index (χ3n) is 4.86. The number of halogens is 4. The fraction of sp³-hybridized carbons (Fsp3) is 0.217. The second-order valence-electron chi connectivity index (χ2n) is 6.86.